The van der Waals surface area contributed by atoms with Crippen molar-refractivity contribution in [2.75, 3.05) is 33.0 Å². The maximum atomic E-state index is 11.8. The number of ether oxygens (including phenoxy) is 4. The normalized spacial score (nSPS) is 29.8. The van der Waals surface area contributed by atoms with Gasteiger partial charge in [-0.15, -0.1) is 4.52 Å². The molecule has 1 aliphatic rings. The van der Waals surface area contributed by atoms with Crippen LogP contribution < -0.4 is 0 Å². The van der Waals surface area contributed by atoms with Crippen LogP contribution in [0.3, 0.4) is 0 Å². The Bertz CT molecular complexity index is 475. The Morgan fingerprint density at radius 1 is 0.893 bits per heavy atom. The van der Waals surface area contributed by atoms with Crippen molar-refractivity contribution in [1.29, 1.82) is 0 Å². The highest BCUT2D eigenvalue weighted by atomic mass is 31.1. The molecule has 3 N–H and O–H groups in total. The van der Waals surface area contributed by atoms with Crippen LogP contribution in [0.1, 0.15) is 41.5 Å². The van der Waals surface area contributed by atoms with Crippen LogP contribution in [0.5, 0.6) is 0 Å². The lowest BCUT2D eigenvalue weighted by Gasteiger charge is -2.40. The molecule has 9 nitrogen and oxygen atoms in total. The fourth-order valence-corrected chi connectivity index (χ4v) is 2.90. The predicted octanol–water partition coefficient (Wildman–Crippen LogP) is 1.20. The van der Waals surface area contributed by atoms with Crippen LogP contribution in [0.25, 0.3) is 0 Å². The summed E-state index contributed by atoms with van der Waals surface area (Å²) in [5.74, 6) is 0. The van der Waals surface area contributed by atoms with Crippen molar-refractivity contribution >= 4 is 8.03 Å². The molecule has 6 atom stereocenters. The van der Waals surface area contributed by atoms with Gasteiger partial charge < -0.3 is 34.3 Å². The minimum Gasteiger partial charge on any atom is -0.387 e. The predicted molar refractivity (Wildman–Crippen MR) is 102 cm³/mol. The van der Waals surface area contributed by atoms with Crippen molar-refractivity contribution < 1.29 is 43.4 Å². The Morgan fingerprint density at radius 2 is 1.54 bits per heavy atom. The van der Waals surface area contributed by atoms with Crippen LogP contribution in [-0.4, -0.2) is 89.8 Å². The summed E-state index contributed by atoms with van der Waals surface area (Å²) in [6, 6.07) is 0. The van der Waals surface area contributed by atoms with E-state index in [-0.39, 0.29) is 32.0 Å². The summed E-state index contributed by atoms with van der Waals surface area (Å²) in [5, 5.41) is 29.7. The van der Waals surface area contributed by atoms with Gasteiger partial charge in [-0.1, -0.05) is 0 Å². The SMILES string of the molecule is CC(C)(C)OCCOC1OC(COCCO[P+](=O)C(C)(C)C)C(O)C(O)C1O. The first-order chi connectivity index (χ1) is 12.8. The van der Waals surface area contributed by atoms with Gasteiger partial charge in [0.05, 0.1) is 32.0 Å². The third kappa shape index (κ3) is 9.07. The van der Waals surface area contributed by atoms with E-state index in [0.29, 0.717) is 6.61 Å². The summed E-state index contributed by atoms with van der Waals surface area (Å²) in [7, 11) is -1.81. The van der Waals surface area contributed by atoms with Gasteiger partial charge in [-0.2, -0.15) is 0 Å². The van der Waals surface area contributed by atoms with Gasteiger partial charge in [-0.3, -0.25) is 0 Å². The van der Waals surface area contributed by atoms with Gasteiger partial charge in [0.2, 0.25) is 0 Å². The number of aliphatic hydroxyl groups excluding tert-OH is 3. The standard InChI is InChI=1S/C18H36O9P/c1-17(2,3)25-9-8-24-16-15(21)14(20)13(19)12(27-16)11-23-7-10-26-28(22)18(4,5)6/h12-16,19-21H,7-11H2,1-6H3/q+1. The molecule has 1 saturated heterocycles. The third-order valence-corrected chi connectivity index (χ3v) is 5.35. The molecule has 0 saturated carbocycles. The molecule has 0 bridgehead atoms. The minimum atomic E-state index is -1.81. The van der Waals surface area contributed by atoms with Crippen LogP contribution in [0.4, 0.5) is 0 Å². The van der Waals surface area contributed by atoms with E-state index in [9.17, 15) is 19.9 Å². The van der Waals surface area contributed by atoms with Crippen LogP contribution >= 0.6 is 8.03 Å². The van der Waals surface area contributed by atoms with Gasteiger partial charge in [0.15, 0.2) is 11.4 Å². The molecule has 1 heterocycles. The lowest BCUT2D eigenvalue weighted by Crippen LogP contribution is -2.59. The summed E-state index contributed by atoms with van der Waals surface area (Å²) in [6.45, 7) is 11.9. The van der Waals surface area contributed by atoms with Gasteiger partial charge >= 0.3 is 8.03 Å². The summed E-state index contributed by atoms with van der Waals surface area (Å²) >= 11 is 0. The Morgan fingerprint density at radius 3 is 2.11 bits per heavy atom. The fourth-order valence-electron chi connectivity index (χ4n) is 2.28. The molecule has 0 spiro atoms. The summed E-state index contributed by atoms with van der Waals surface area (Å²) in [4.78, 5) is 0. The lowest BCUT2D eigenvalue weighted by atomic mass is 9.99. The van der Waals surface area contributed by atoms with E-state index in [2.05, 4.69) is 0 Å². The third-order valence-electron chi connectivity index (χ3n) is 3.84. The molecule has 0 aromatic heterocycles. The smallest absolute Gasteiger partial charge is 0.387 e. The number of hydrogen-bond acceptors (Lipinski definition) is 9. The zero-order chi connectivity index (χ0) is 21.5. The Labute approximate surface area is 168 Å². The summed E-state index contributed by atoms with van der Waals surface area (Å²) in [6.07, 6.45) is -6.14. The molecule has 28 heavy (non-hydrogen) atoms. The summed E-state index contributed by atoms with van der Waals surface area (Å²) < 4.78 is 38.9. The quantitative estimate of drug-likeness (QED) is 0.348. The first-order valence-corrected chi connectivity index (χ1v) is 10.6. The topological polar surface area (TPSA) is 124 Å². The van der Waals surface area contributed by atoms with E-state index in [4.69, 9.17) is 23.5 Å². The highest BCUT2D eigenvalue weighted by Crippen LogP contribution is 2.38. The van der Waals surface area contributed by atoms with E-state index < -0.39 is 43.9 Å². The number of hydrogen-bond donors (Lipinski definition) is 3. The van der Waals surface area contributed by atoms with Crippen LogP contribution in [0, 0.1) is 0 Å². The molecule has 0 aromatic rings. The second kappa shape index (κ2) is 11.2. The molecule has 10 heteroatoms. The first kappa shape index (κ1) is 25.8. The molecule has 6 unspecified atom stereocenters. The van der Waals surface area contributed by atoms with E-state index in [1.165, 1.54) is 0 Å². The van der Waals surface area contributed by atoms with Crippen molar-refractivity contribution in [2.45, 2.75) is 83.0 Å². The second-order valence-electron chi connectivity index (χ2n) is 8.68. The average molecular weight is 427 g/mol. The first-order valence-electron chi connectivity index (χ1n) is 9.46. The Kier molecular flexibility index (Phi) is 10.4. The van der Waals surface area contributed by atoms with E-state index >= 15 is 0 Å². The number of rotatable bonds is 10. The lowest BCUT2D eigenvalue weighted by molar-refractivity contribution is -0.305. The van der Waals surface area contributed by atoms with Gasteiger partial charge in [-0.05, 0) is 46.1 Å². The molecule has 0 aromatic carbocycles. The van der Waals surface area contributed by atoms with Crippen molar-refractivity contribution in [1.82, 2.24) is 0 Å². The molecular weight excluding hydrogens is 391 g/mol. The molecule has 0 radical (unpaired) electrons. The molecule has 0 amide bonds. The van der Waals surface area contributed by atoms with Crippen molar-refractivity contribution in [2.24, 2.45) is 0 Å². The maximum absolute atomic E-state index is 11.8. The van der Waals surface area contributed by atoms with Gasteiger partial charge in [0.25, 0.3) is 0 Å². The fraction of sp³-hybridized carbons (Fsp3) is 1.00. The van der Waals surface area contributed by atoms with E-state index in [1.807, 2.05) is 41.5 Å². The maximum Gasteiger partial charge on any atom is 0.513 e. The van der Waals surface area contributed by atoms with Crippen LogP contribution in [-0.2, 0) is 28.0 Å². The largest absolute Gasteiger partial charge is 0.513 e. The second-order valence-corrected chi connectivity index (χ2v) is 10.8. The van der Waals surface area contributed by atoms with Crippen LogP contribution in [0.15, 0.2) is 0 Å². The highest BCUT2D eigenvalue weighted by Gasteiger charge is 2.44. The van der Waals surface area contributed by atoms with E-state index in [0.717, 1.165) is 0 Å². The zero-order valence-electron chi connectivity index (χ0n) is 17.7. The van der Waals surface area contributed by atoms with Crippen LogP contribution in [0.2, 0.25) is 0 Å². The Hall–Kier alpha value is -0.220. The molecule has 0 aliphatic carbocycles. The molecular formula is C18H36O9P+. The minimum absolute atomic E-state index is 0.0427. The Balaban J connectivity index is 2.39. The molecule has 1 rings (SSSR count). The molecule has 166 valence electrons. The number of aliphatic hydroxyl groups is 3. The molecule has 1 aliphatic heterocycles. The summed E-state index contributed by atoms with van der Waals surface area (Å²) in [5.41, 5.74) is -0.318. The highest BCUT2D eigenvalue weighted by molar-refractivity contribution is 7.41. The molecule has 1 fully saturated rings. The van der Waals surface area contributed by atoms with Crippen molar-refractivity contribution in [3.8, 4) is 0 Å². The van der Waals surface area contributed by atoms with Crippen molar-refractivity contribution in [3.05, 3.63) is 0 Å². The average Bonchev–Trinajstić information content (AvgIpc) is 2.57. The van der Waals surface area contributed by atoms with Gasteiger partial charge in [0, 0.05) is 0 Å². The monoisotopic (exact) mass is 427 g/mol. The van der Waals surface area contributed by atoms with Crippen molar-refractivity contribution in [3.63, 3.8) is 0 Å². The van der Waals surface area contributed by atoms with Gasteiger partial charge in [-0.25, -0.2) is 0 Å². The van der Waals surface area contributed by atoms with E-state index in [1.54, 1.807) is 0 Å². The zero-order valence-corrected chi connectivity index (χ0v) is 18.6. The van der Waals surface area contributed by atoms with Gasteiger partial charge in [0.1, 0.15) is 31.0 Å².